The topological polar surface area (TPSA) is 26.3 Å². The Hall–Kier alpha value is -1.22. The molecule has 2 rings (SSSR count). The summed E-state index contributed by atoms with van der Waals surface area (Å²) < 4.78 is 3.64. The fraction of sp³-hybridized carbons (Fsp3) is 0.188. The van der Waals surface area contributed by atoms with Gasteiger partial charge in [0.05, 0.1) is 5.56 Å². The number of hydrogen-bond donors (Lipinski definition) is 0. The Balaban J connectivity index is 2.26. The van der Waals surface area contributed by atoms with E-state index in [0.717, 1.165) is 5.56 Å². The van der Waals surface area contributed by atoms with Crippen LogP contribution in [-0.4, -0.2) is 9.76 Å². The highest BCUT2D eigenvalue weighted by atomic mass is 35.6. The van der Waals surface area contributed by atoms with Crippen LogP contribution < -0.4 is 0 Å². The zero-order valence-electron chi connectivity index (χ0n) is 11.2. The van der Waals surface area contributed by atoms with E-state index in [-0.39, 0.29) is 0 Å². The van der Waals surface area contributed by atoms with Gasteiger partial charge in [-0.25, -0.2) is 4.79 Å². The van der Waals surface area contributed by atoms with Crippen molar-refractivity contribution in [2.24, 2.45) is 0 Å². The van der Waals surface area contributed by atoms with Gasteiger partial charge in [0.1, 0.15) is 0 Å². The predicted octanol–water partition coefficient (Wildman–Crippen LogP) is 5.26. The predicted molar refractivity (Wildman–Crippen MR) is 86.1 cm³/mol. The lowest BCUT2D eigenvalue weighted by molar-refractivity contribution is 0.0304. The van der Waals surface area contributed by atoms with Crippen LogP contribution in [0.4, 0.5) is 0 Å². The van der Waals surface area contributed by atoms with Crippen molar-refractivity contribution in [1.82, 2.24) is 0 Å². The highest BCUT2D eigenvalue weighted by Crippen LogP contribution is 2.42. The van der Waals surface area contributed by atoms with E-state index in [9.17, 15) is 4.79 Å². The fourth-order valence-electron chi connectivity index (χ4n) is 1.81. The first kappa shape index (κ1) is 16.2. The van der Waals surface area contributed by atoms with Gasteiger partial charge in [-0.05, 0) is 24.6 Å². The first-order valence-corrected chi connectivity index (χ1v) is 7.40. The maximum absolute atomic E-state index is 12.1. The summed E-state index contributed by atoms with van der Waals surface area (Å²) in [6, 6.07) is 15.9. The van der Waals surface area contributed by atoms with Gasteiger partial charge >= 0.3 is 5.97 Å². The van der Waals surface area contributed by atoms with Crippen LogP contribution >= 0.6 is 34.8 Å². The summed E-state index contributed by atoms with van der Waals surface area (Å²) in [5.74, 6) is -0.535. The molecular weight excluding hydrogens is 331 g/mol. The molecule has 21 heavy (non-hydrogen) atoms. The maximum atomic E-state index is 12.1. The van der Waals surface area contributed by atoms with Crippen LogP contribution in [0, 0.1) is 6.92 Å². The summed E-state index contributed by atoms with van der Waals surface area (Å²) in [6.45, 7) is 1.95. The van der Waals surface area contributed by atoms with Crippen LogP contribution in [-0.2, 0) is 4.74 Å². The molecule has 0 aliphatic rings. The van der Waals surface area contributed by atoms with Gasteiger partial charge in [0.25, 0.3) is 0 Å². The number of alkyl halides is 3. The number of benzene rings is 2. The summed E-state index contributed by atoms with van der Waals surface area (Å²) >= 11 is 17.9. The Bertz CT molecular complexity index is 604. The molecule has 2 nitrogen and oxygen atoms in total. The van der Waals surface area contributed by atoms with Crippen molar-refractivity contribution in [2.45, 2.75) is 16.8 Å². The Labute approximate surface area is 138 Å². The number of rotatable bonds is 3. The van der Waals surface area contributed by atoms with Crippen molar-refractivity contribution in [3.8, 4) is 0 Å². The standard InChI is InChI=1S/C16H13Cl3O2/c1-11-7-9-12(10-8-11)14(16(17,18)19)21-15(20)13-5-3-2-4-6-13/h2-10,14H,1H3. The van der Waals surface area contributed by atoms with Crippen LogP contribution in [0.15, 0.2) is 54.6 Å². The van der Waals surface area contributed by atoms with E-state index in [1.807, 2.05) is 25.1 Å². The van der Waals surface area contributed by atoms with Crippen LogP contribution in [0.3, 0.4) is 0 Å². The highest BCUT2D eigenvalue weighted by Gasteiger charge is 2.37. The van der Waals surface area contributed by atoms with Gasteiger partial charge in [-0.3, -0.25) is 0 Å². The van der Waals surface area contributed by atoms with Gasteiger partial charge in [-0.15, -0.1) is 0 Å². The Morgan fingerprint density at radius 1 is 1.00 bits per heavy atom. The van der Waals surface area contributed by atoms with E-state index in [4.69, 9.17) is 39.5 Å². The zero-order valence-corrected chi connectivity index (χ0v) is 13.5. The summed E-state index contributed by atoms with van der Waals surface area (Å²) in [5, 5.41) is 0. The van der Waals surface area contributed by atoms with E-state index in [1.54, 1.807) is 36.4 Å². The molecular formula is C16H13Cl3O2. The number of halogens is 3. The van der Waals surface area contributed by atoms with Crippen molar-refractivity contribution < 1.29 is 9.53 Å². The normalized spacial score (nSPS) is 12.8. The van der Waals surface area contributed by atoms with Crippen molar-refractivity contribution in [3.05, 3.63) is 71.3 Å². The number of carbonyl (C=O) groups is 1. The number of ether oxygens (including phenoxy) is 1. The lowest BCUT2D eigenvalue weighted by Crippen LogP contribution is -2.23. The molecule has 2 aromatic rings. The summed E-state index contributed by atoms with van der Waals surface area (Å²) in [4.78, 5) is 12.1. The number of esters is 1. The molecule has 0 N–H and O–H groups in total. The lowest BCUT2D eigenvalue weighted by Gasteiger charge is -2.25. The van der Waals surface area contributed by atoms with Crippen LogP contribution in [0.1, 0.15) is 27.6 Å². The van der Waals surface area contributed by atoms with E-state index in [0.29, 0.717) is 11.1 Å². The fourth-order valence-corrected chi connectivity index (χ4v) is 2.33. The molecule has 0 aliphatic heterocycles. The van der Waals surface area contributed by atoms with Crippen LogP contribution in [0.25, 0.3) is 0 Å². The molecule has 0 aliphatic carbocycles. The summed E-state index contributed by atoms with van der Waals surface area (Å²) in [6.07, 6.45) is -0.976. The molecule has 0 amide bonds. The van der Waals surface area contributed by atoms with Crippen molar-refractivity contribution in [2.75, 3.05) is 0 Å². The third-order valence-corrected chi connectivity index (χ3v) is 3.51. The molecule has 0 aromatic heterocycles. The van der Waals surface area contributed by atoms with E-state index >= 15 is 0 Å². The molecule has 110 valence electrons. The van der Waals surface area contributed by atoms with Gasteiger partial charge in [-0.1, -0.05) is 82.8 Å². The van der Waals surface area contributed by atoms with Crippen molar-refractivity contribution in [3.63, 3.8) is 0 Å². The molecule has 1 atom stereocenters. The molecule has 0 heterocycles. The smallest absolute Gasteiger partial charge is 0.338 e. The van der Waals surface area contributed by atoms with Gasteiger partial charge < -0.3 is 4.74 Å². The molecule has 0 bridgehead atoms. The van der Waals surface area contributed by atoms with E-state index in [2.05, 4.69) is 0 Å². The Morgan fingerprint density at radius 3 is 2.10 bits per heavy atom. The van der Waals surface area contributed by atoms with Crippen molar-refractivity contribution >= 4 is 40.8 Å². The number of aryl methyl sites for hydroxylation is 1. The minimum absolute atomic E-state index is 0.406. The third kappa shape index (κ3) is 4.37. The van der Waals surface area contributed by atoms with E-state index in [1.165, 1.54) is 0 Å². The van der Waals surface area contributed by atoms with Gasteiger partial charge in [0.15, 0.2) is 6.10 Å². The van der Waals surface area contributed by atoms with Crippen LogP contribution in [0.2, 0.25) is 0 Å². The van der Waals surface area contributed by atoms with Gasteiger partial charge in [0, 0.05) is 0 Å². The monoisotopic (exact) mass is 342 g/mol. The second kappa shape index (κ2) is 6.69. The SMILES string of the molecule is Cc1ccc(C(OC(=O)c2ccccc2)C(Cl)(Cl)Cl)cc1. The molecule has 0 saturated carbocycles. The number of hydrogen-bond acceptors (Lipinski definition) is 2. The largest absolute Gasteiger partial charge is 0.449 e. The van der Waals surface area contributed by atoms with Gasteiger partial charge in [-0.2, -0.15) is 0 Å². The molecule has 0 fully saturated rings. The first-order chi connectivity index (χ1) is 9.88. The molecule has 0 saturated heterocycles. The minimum Gasteiger partial charge on any atom is -0.449 e. The molecule has 1 unspecified atom stereocenters. The maximum Gasteiger partial charge on any atom is 0.338 e. The quantitative estimate of drug-likeness (QED) is 0.561. The Kier molecular flexibility index (Phi) is 5.15. The zero-order chi connectivity index (χ0) is 15.5. The second-order valence-corrected chi connectivity index (χ2v) is 6.97. The van der Waals surface area contributed by atoms with Crippen LogP contribution in [0.5, 0.6) is 0 Å². The molecule has 0 spiro atoms. The lowest BCUT2D eigenvalue weighted by atomic mass is 10.1. The third-order valence-electron chi connectivity index (χ3n) is 2.91. The Morgan fingerprint density at radius 2 is 1.57 bits per heavy atom. The summed E-state index contributed by atoms with van der Waals surface area (Å²) in [5.41, 5.74) is 2.10. The van der Waals surface area contributed by atoms with E-state index < -0.39 is 15.9 Å². The molecule has 0 radical (unpaired) electrons. The second-order valence-electron chi connectivity index (χ2n) is 4.60. The summed E-state index contributed by atoms with van der Waals surface area (Å²) in [7, 11) is 0. The molecule has 2 aromatic carbocycles. The first-order valence-electron chi connectivity index (χ1n) is 6.27. The number of carbonyl (C=O) groups excluding carboxylic acids is 1. The highest BCUT2D eigenvalue weighted by molar-refractivity contribution is 6.68. The molecule has 5 heteroatoms. The van der Waals surface area contributed by atoms with Gasteiger partial charge in [0.2, 0.25) is 3.79 Å². The van der Waals surface area contributed by atoms with Crippen molar-refractivity contribution in [1.29, 1.82) is 0 Å². The average molecular weight is 344 g/mol. The average Bonchev–Trinajstić information content (AvgIpc) is 2.45. The minimum atomic E-state index is -1.75.